The highest BCUT2D eigenvalue weighted by Gasteiger charge is 2.13. The van der Waals surface area contributed by atoms with E-state index in [0.29, 0.717) is 22.9 Å². The maximum Gasteiger partial charge on any atom is 0.261 e. The standard InChI is InChI=1S/C20H18N2O3S/c1-24-15-8-7-14(17(12-15)25-2)13-22-20(23)19-10-9-18(26-19)16-6-4-3-5-11-21-16/h3,5-12H,13H2,1-2H3,(H,22,23). The van der Waals surface area contributed by atoms with E-state index < -0.39 is 0 Å². The first-order chi connectivity index (χ1) is 12.7. The summed E-state index contributed by atoms with van der Waals surface area (Å²) in [5.41, 5.74) is 4.68. The average Bonchev–Trinajstić information content (AvgIpc) is 3.01. The molecule has 1 amide bonds. The van der Waals surface area contributed by atoms with Gasteiger partial charge >= 0.3 is 0 Å². The molecule has 1 N–H and O–H groups in total. The summed E-state index contributed by atoms with van der Waals surface area (Å²) in [5.74, 6) is 1.25. The van der Waals surface area contributed by atoms with Crippen LogP contribution >= 0.6 is 11.3 Å². The fourth-order valence-electron chi connectivity index (χ4n) is 2.38. The molecule has 0 fully saturated rings. The van der Waals surface area contributed by atoms with Gasteiger partial charge in [-0.2, -0.15) is 0 Å². The summed E-state index contributed by atoms with van der Waals surface area (Å²) in [7, 11) is 3.19. The molecular weight excluding hydrogens is 348 g/mol. The van der Waals surface area contributed by atoms with Gasteiger partial charge < -0.3 is 14.8 Å². The van der Waals surface area contributed by atoms with Crippen molar-refractivity contribution in [1.82, 2.24) is 5.32 Å². The maximum atomic E-state index is 12.5. The number of amides is 1. The molecule has 3 rings (SSSR count). The van der Waals surface area contributed by atoms with Crippen LogP contribution < -0.4 is 14.8 Å². The molecule has 5 nitrogen and oxygen atoms in total. The van der Waals surface area contributed by atoms with Crippen LogP contribution in [-0.4, -0.2) is 25.8 Å². The number of aliphatic imine (C=N–C) groups is 1. The normalized spacial score (nSPS) is 12.5. The molecule has 0 saturated carbocycles. The van der Waals surface area contributed by atoms with Gasteiger partial charge in [0.2, 0.25) is 0 Å². The second-order valence-electron chi connectivity index (χ2n) is 5.36. The minimum absolute atomic E-state index is 0.136. The van der Waals surface area contributed by atoms with Crippen LogP contribution in [0.5, 0.6) is 11.5 Å². The Morgan fingerprint density at radius 2 is 2.12 bits per heavy atom. The summed E-state index contributed by atoms with van der Waals surface area (Å²) in [6, 6.07) is 9.20. The Bertz CT molecular complexity index is 934. The molecule has 1 aromatic carbocycles. The molecule has 2 aromatic rings. The zero-order valence-electron chi connectivity index (χ0n) is 14.5. The molecule has 132 valence electrons. The van der Waals surface area contributed by atoms with Crippen LogP contribution in [-0.2, 0) is 6.54 Å². The van der Waals surface area contributed by atoms with Crippen molar-refractivity contribution < 1.29 is 14.3 Å². The van der Waals surface area contributed by atoms with Crippen LogP contribution in [0.3, 0.4) is 0 Å². The first kappa shape index (κ1) is 17.7. The number of benzene rings is 1. The second kappa shape index (κ2) is 8.34. The van der Waals surface area contributed by atoms with Gasteiger partial charge in [0.25, 0.3) is 5.91 Å². The molecule has 1 aliphatic heterocycles. The number of ether oxygens (including phenoxy) is 2. The highest BCUT2D eigenvalue weighted by molar-refractivity contribution is 7.16. The fourth-order valence-corrected chi connectivity index (χ4v) is 3.27. The van der Waals surface area contributed by atoms with Crippen molar-refractivity contribution in [3.63, 3.8) is 0 Å². The number of hydrogen-bond donors (Lipinski definition) is 1. The predicted octanol–water partition coefficient (Wildman–Crippen LogP) is 3.72. The number of hydrogen-bond acceptors (Lipinski definition) is 5. The summed E-state index contributed by atoms with van der Waals surface area (Å²) in [6.07, 6.45) is 7.12. The second-order valence-corrected chi connectivity index (χ2v) is 6.44. The molecule has 0 aliphatic carbocycles. The topological polar surface area (TPSA) is 59.9 Å². The first-order valence-electron chi connectivity index (χ1n) is 7.96. The van der Waals surface area contributed by atoms with Gasteiger partial charge in [0.05, 0.1) is 29.7 Å². The van der Waals surface area contributed by atoms with E-state index in [4.69, 9.17) is 9.47 Å². The Kier molecular flexibility index (Phi) is 5.69. The smallest absolute Gasteiger partial charge is 0.261 e. The van der Waals surface area contributed by atoms with Gasteiger partial charge in [0.1, 0.15) is 11.5 Å². The first-order valence-corrected chi connectivity index (χ1v) is 8.77. The van der Waals surface area contributed by atoms with Gasteiger partial charge in [0, 0.05) is 30.5 Å². The number of nitrogens with one attached hydrogen (secondary N) is 1. The third kappa shape index (κ3) is 4.11. The van der Waals surface area contributed by atoms with Crippen LogP contribution in [0.4, 0.5) is 0 Å². The molecule has 1 aromatic heterocycles. The van der Waals surface area contributed by atoms with Crippen molar-refractivity contribution >= 4 is 23.0 Å². The number of thiophene rings is 1. The lowest BCUT2D eigenvalue weighted by Crippen LogP contribution is -2.22. The summed E-state index contributed by atoms with van der Waals surface area (Å²) in [6.45, 7) is 0.367. The number of carbonyl (C=O) groups excluding carboxylic acids is 1. The van der Waals surface area contributed by atoms with E-state index in [1.807, 2.05) is 24.3 Å². The van der Waals surface area contributed by atoms with E-state index in [9.17, 15) is 4.79 Å². The zero-order valence-corrected chi connectivity index (χ0v) is 15.3. The van der Waals surface area contributed by atoms with Crippen LogP contribution in [0.2, 0.25) is 0 Å². The minimum atomic E-state index is -0.136. The van der Waals surface area contributed by atoms with E-state index in [1.54, 1.807) is 44.7 Å². The van der Waals surface area contributed by atoms with Crippen molar-refractivity contribution in [3.8, 4) is 11.5 Å². The van der Waals surface area contributed by atoms with Gasteiger partial charge in [-0.3, -0.25) is 9.79 Å². The van der Waals surface area contributed by atoms with Crippen LogP contribution in [0.1, 0.15) is 20.1 Å². The molecule has 0 saturated heterocycles. The van der Waals surface area contributed by atoms with Crippen LogP contribution in [0, 0.1) is 0 Å². The lowest BCUT2D eigenvalue weighted by atomic mass is 10.2. The summed E-state index contributed by atoms with van der Waals surface area (Å²) >= 11 is 1.39. The summed E-state index contributed by atoms with van der Waals surface area (Å²) in [4.78, 5) is 18.3. The minimum Gasteiger partial charge on any atom is -0.497 e. The van der Waals surface area contributed by atoms with E-state index in [-0.39, 0.29) is 5.91 Å². The van der Waals surface area contributed by atoms with E-state index in [1.165, 1.54) is 11.3 Å². The molecule has 0 bridgehead atoms. The molecule has 2 heterocycles. The van der Waals surface area contributed by atoms with Crippen molar-refractivity contribution in [2.45, 2.75) is 6.54 Å². The lowest BCUT2D eigenvalue weighted by molar-refractivity contribution is 0.0954. The van der Waals surface area contributed by atoms with Crippen molar-refractivity contribution in [1.29, 1.82) is 0 Å². The number of carbonyl (C=O) groups is 1. The average molecular weight is 366 g/mol. The van der Waals surface area contributed by atoms with E-state index in [2.05, 4.69) is 16.0 Å². The number of rotatable bonds is 6. The number of methoxy groups -OCH3 is 2. The maximum absolute atomic E-state index is 12.5. The molecule has 0 unspecified atom stereocenters. The molecule has 6 heteroatoms. The lowest BCUT2D eigenvalue weighted by Gasteiger charge is -2.11. The summed E-state index contributed by atoms with van der Waals surface area (Å²) in [5, 5.41) is 2.92. The van der Waals surface area contributed by atoms with Crippen molar-refractivity contribution in [2.75, 3.05) is 14.2 Å². The molecule has 0 radical (unpaired) electrons. The van der Waals surface area contributed by atoms with Crippen molar-refractivity contribution in [2.24, 2.45) is 4.99 Å². The Labute approximate surface area is 156 Å². The number of allylic oxidation sites excluding steroid dienone is 2. The molecule has 0 atom stereocenters. The highest BCUT2D eigenvalue weighted by Crippen LogP contribution is 2.25. The Balaban J connectivity index is 1.69. The predicted molar refractivity (Wildman–Crippen MR) is 103 cm³/mol. The fraction of sp³-hybridized carbons (Fsp3) is 0.150. The van der Waals surface area contributed by atoms with Crippen molar-refractivity contribution in [3.05, 3.63) is 75.8 Å². The molecular formula is C20H18N2O3S. The van der Waals surface area contributed by atoms with Gasteiger partial charge in [0.15, 0.2) is 0 Å². The Morgan fingerprint density at radius 3 is 2.92 bits per heavy atom. The van der Waals surface area contributed by atoms with Crippen LogP contribution in [0.25, 0.3) is 0 Å². The van der Waals surface area contributed by atoms with E-state index in [0.717, 1.165) is 16.2 Å². The number of nitrogens with zero attached hydrogens (tertiary/aromatic N) is 1. The van der Waals surface area contributed by atoms with Gasteiger partial charge in [-0.05, 0) is 36.4 Å². The molecule has 0 spiro atoms. The summed E-state index contributed by atoms with van der Waals surface area (Å²) < 4.78 is 10.5. The van der Waals surface area contributed by atoms with Gasteiger partial charge in [-0.1, -0.05) is 0 Å². The highest BCUT2D eigenvalue weighted by atomic mass is 32.1. The van der Waals surface area contributed by atoms with E-state index >= 15 is 0 Å². The van der Waals surface area contributed by atoms with Gasteiger partial charge in [-0.25, -0.2) is 0 Å². The quantitative estimate of drug-likeness (QED) is 0.793. The third-order valence-electron chi connectivity index (χ3n) is 3.73. The Hall–Kier alpha value is -3.08. The molecule has 1 aliphatic rings. The largest absolute Gasteiger partial charge is 0.497 e. The SMILES string of the molecule is COc1ccc(CNC(=O)c2ccc(C3=NC=CC=C=C3)s2)c(OC)c1. The monoisotopic (exact) mass is 366 g/mol. The zero-order chi connectivity index (χ0) is 18.4. The van der Waals surface area contributed by atoms with Gasteiger partial charge in [-0.15, -0.1) is 17.1 Å². The third-order valence-corrected chi connectivity index (χ3v) is 4.83. The Morgan fingerprint density at radius 1 is 1.23 bits per heavy atom. The molecule has 26 heavy (non-hydrogen) atoms. The van der Waals surface area contributed by atoms with Crippen LogP contribution in [0.15, 0.2) is 65.5 Å².